The predicted octanol–water partition coefficient (Wildman–Crippen LogP) is 2.11. The lowest BCUT2D eigenvalue weighted by molar-refractivity contribution is -0.0559. The van der Waals surface area contributed by atoms with Crippen LogP contribution in [-0.2, 0) is 23.1 Å². The van der Waals surface area contributed by atoms with E-state index in [0.717, 1.165) is 69.9 Å². The van der Waals surface area contributed by atoms with Crippen LogP contribution in [0.3, 0.4) is 0 Å². The van der Waals surface area contributed by atoms with Gasteiger partial charge in [-0.25, -0.2) is 4.99 Å². The van der Waals surface area contributed by atoms with E-state index in [0.29, 0.717) is 18.6 Å². The summed E-state index contributed by atoms with van der Waals surface area (Å²) in [5, 5.41) is 11.9. The minimum absolute atomic E-state index is 0. The lowest BCUT2D eigenvalue weighted by atomic mass is 9.88. The number of aryl methyl sites for hydroxylation is 1. The highest BCUT2D eigenvalue weighted by Gasteiger charge is 2.33. The van der Waals surface area contributed by atoms with Gasteiger partial charge in [-0.2, -0.15) is 0 Å². The number of fused-ring (bicyclic) bond motifs is 1. The summed E-state index contributed by atoms with van der Waals surface area (Å²) in [6.45, 7) is 9.84. The molecule has 2 saturated heterocycles. The number of piperidine rings is 1. The van der Waals surface area contributed by atoms with E-state index >= 15 is 0 Å². The van der Waals surface area contributed by atoms with Crippen LogP contribution in [0.4, 0.5) is 0 Å². The zero-order valence-corrected chi connectivity index (χ0v) is 19.7. The molecule has 2 aliphatic rings. The Balaban J connectivity index is 0.00000280. The third-order valence-corrected chi connectivity index (χ3v) is 5.52. The smallest absolute Gasteiger partial charge is 0.194 e. The first kappa shape index (κ1) is 23.3. The van der Waals surface area contributed by atoms with Crippen LogP contribution in [0.15, 0.2) is 4.99 Å². The maximum Gasteiger partial charge on any atom is 0.194 e. The molecule has 28 heavy (non-hydrogen) atoms. The molecule has 1 N–H and O–H groups in total. The molecule has 0 amide bonds. The van der Waals surface area contributed by atoms with E-state index in [1.54, 1.807) is 0 Å². The van der Waals surface area contributed by atoms with E-state index < -0.39 is 0 Å². The van der Waals surface area contributed by atoms with Gasteiger partial charge in [-0.1, -0.05) is 0 Å². The summed E-state index contributed by atoms with van der Waals surface area (Å²) in [6, 6.07) is 0. The summed E-state index contributed by atoms with van der Waals surface area (Å²) in [5.41, 5.74) is 0. The fourth-order valence-electron chi connectivity index (χ4n) is 3.80. The quantitative estimate of drug-likeness (QED) is 0.264. The standard InChI is InChI=1S/C19H34N6O2.HI/c1-4-26-11-6-9-20-19(21-13-18-23-22-15(2)24(18)3)25-10-8-17-16(14-25)7-5-12-27-17;/h16-17H,4-14H2,1-3H3,(H,20,21);1H. The van der Waals surface area contributed by atoms with E-state index in [1.807, 2.05) is 25.5 Å². The number of rotatable bonds is 7. The van der Waals surface area contributed by atoms with Gasteiger partial charge in [-0.3, -0.25) is 0 Å². The highest BCUT2D eigenvalue weighted by atomic mass is 127. The Bertz CT molecular complexity index is 624. The van der Waals surface area contributed by atoms with Crippen LogP contribution in [0.1, 0.15) is 44.3 Å². The summed E-state index contributed by atoms with van der Waals surface area (Å²) in [6.07, 6.45) is 4.89. The Hall–Kier alpha value is -0.940. The fraction of sp³-hybridized carbons (Fsp3) is 0.842. The molecule has 1 aromatic heterocycles. The van der Waals surface area contributed by atoms with E-state index in [1.165, 1.54) is 12.8 Å². The van der Waals surface area contributed by atoms with Gasteiger partial charge in [0.1, 0.15) is 12.4 Å². The van der Waals surface area contributed by atoms with Crippen LogP contribution in [0, 0.1) is 12.8 Å². The van der Waals surface area contributed by atoms with Crippen molar-refractivity contribution in [2.24, 2.45) is 18.0 Å². The lowest BCUT2D eigenvalue weighted by Crippen LogP contribution is -2.52. The molecular weight excluding hydrogens is 471 g/mol. The molecule has 0 radical (unpaired) electrons. The number of aliphatic imine (C=N–C) groups is 1. The first-order chi connectivity index (χ1) is 13.2. The number of halogens is 1. The Morgan fingerprint density at radius 2 is 2.21 bits per heavy atom. The molecule has 0 bridgehead atoms. The molecule has 2 unspecified atom stereocenters. The van der Waals surface area contributed by atoms with Crippen molar-refractivity contribution in [2.75, 3.05) is 39.5 Å². The van der Waals surface area contributed by atoms with Crippen molar-refractivity contribution in [3.05, 3.63) is 11.6 Å². The maximum atomic E-state index is 5.96. The Morgan fingerprint density at radius 1 is 1.36 bits per heavy atom. The van der Waals surface area contributed by atoms with Crippen molar-refractivity contribution in [1.29, 1.82) is 0 Å². The number of guanidine groups is 1. The maximum absolute atomic E-state index is 5.96. The summed E-state index contributed by atoms with van der Waals surface area (Å²) in [7, 11) is 1.99. The van der Waals surface area contributed by atoms with E-state index in [9.17, 15) is 0 Å². The van der Waals surface area contributed by atoms with Gasteiger partial charge in [-0.05, 0) is 39.5 Å². The van der Waals surface area contributed by atoms with Crippen molar-refractivity contribution in [1.82, 2.24) is 25.0 Å². The number of hydrogen-bond acceptors (Lipinski definition) is 5. The summed E-state index contributed by atoms with van der Waals surface area (Å²) >= 11 is 0. The molecule has 3 rings (SSSR count). The molecule has 3 heterocycles. The first-order valence-electron chi connectivity index (χ1n) is 10.3. The SMILES string of the molecule is CCOCCCNC(=NCc1nnc(C)n1C)N1CCC2OCCCC2C1.I. The highest BCUT2D eigenvalue weighted by molar-refractivity contribution is 14.0. The van der Waals surface area contributed by atoms with Crippen LogP contribution in [0.25, 0.3) is 0 Å². The molecule has 0 aromatic carbocycles. The number of nitrogens with zero attached hydrogens (tertiary/aromatic N) is 5. The average molecular weight is 506 g/mol. The van der Waals surface area contributed by atoms with Gasteiger partial charge in [0, 0.05) is 52.4 Å². The number of nitrogens with one attached hydrogen (secondary N) is 1. The van der Waals surface area contributed by atoms with Crippen molar-refractivity contribution < 1.29 is 9.47 Å². The minimum atomic E-state index is 0. The van der Waals surface area contributed by atoms with Gasteiger partial charge >= 0.3 is 0 Å². The fourth-order valence-corrected chi connectivity index (χ4v) is 3.80. The third-order valence-electron chi connectivity index (χ3n) is 5.52. The van der Waals surface area contributed by atoms with E-state index in [4.69, 9.17) is 14.5 Å². The third kappa shape index (κ3) is 6.28. The van der Waals surface area contributed by atoms with E-state index in [-0.39, 0.29) is 24.0 Å². The van der Waals surface area contributed by atoms with Crippen molar-refractivity contribution in [2.45, 2.75) is 52.2 Å². The minimum Gasteiger partial charge on any atom is -0.382 e. The first-order valence-corrected chi connectivity index (χ1v) is 10.3. The second-order valence-electron chi connectivity index (χ2n) is 7.39. The molecule has 160 valence electrons. The molecule has 0 aliphatic carbocycles. The van der Waals surface area contributed by atoms with Crippen LogP contribution < -0.4 is 5.32 Å². The van der Waals surface area contributed by atoms with Crippen molar-refractivity contribution in [3.8, 4) is 0 Å². The molecule has 8 nitrogen and oxygen atoms in total. The summed E-state index contributed by atoms with van der Waals surface area (Å²) < 4.78 is 13.4. The summed E-state index contributed by atoms with van der Waals surface area (Å²) in [5.74, 6) is 3.37. The number of hydrogen-bond donors (Lipinski definition) is 1. The Kier molecular flexibility index (Phi) is 9.93. The average Bonchev–Trinajstić information content (AvgIpc) is 3.02. The molecule has 2 atom stereocenters. The normalized spacial score (nSPS) is 22.5. The molecule has 1 aromatic rings. The largest absolute Gasteiger partial charge is 0.382 e. The van der Waals surface area contributed by atoms with Crippen LogP contribution >= 0.6 is 24.0 Å². The zero-order chi connectivity index (χ0) is 19.1. The highest BCUT2D eigenvalue weighted by Crippen LogP contribution is 2.28. The molecule has 2 fully saturated rings. The number of likely N-dealkylation sites (tertiary alicyclic amines) is 1. The van der Waals surface area contributed by atoms with Crippen molar-refractivity contribution in [3.63, 3.8) is 0 Å². The topological polar surface area (TPSA) is 76.8 Å². The summed E-state index contributed by atoms with van der Waals surface area (Å²) in [4.78, 5) is 7.26. The molecule has 9 heteroatoms. The van der Waals surface area contributed by atoms with Crippen molar-refractivity contribution >= 4 is 29.9 Å². The molecular formula is C19H35IN6O2. The number of aromatic nitrogens is 3. The van der Waals surface area contributed by atoms with Gasteiger partial charge in [0.2, 0.25) is 0 Å². The second-order valence-corrected chi connectivity index (χ2v) is 7.39. The lowest BCUT2D eigenvalue weighted by Gasteiger charge is -2.42. The van der Waals surface area contributed by atoms with Gasteiger partial charge in [0.15, 0.2) is 11.8 Å². The van der Waals surface area contributed by atoms with Gasteiger partial charge in [0.05, 0.1) is 6.10 Å². The van der Waals surface area contributed by atoms with Gasteiger partial charge in [0.25, 0.3) is 0 Å². The molecule has 0 spiro atoms. The van der Waals surface area contributed by atoms with E-state index in [2.05, 4.69) is 20.4 Å². The number of ether oxygens (including phenoxy) is 2. The van der Waals surface area contributed by atoms with Gasteiger partial charge < -0.3 is 24.3 Å². The zero-order valence-electron chi connectivity index (χ0n) is 17.4. The Morgan fingerprint density at radius 3 is 2.96 bits per heavy atom. The predicted molar refractivity (Wildman–Crippen MR) is 120 cm³/mol. The molecule has 2 aliphatic heterocycles. The van der Waals surface area contributed by atoms with Crippen LogP contribution in [0.5, 0.6) is 0 Å². The Labute approximate surface area is 185 Å². The van der Waals surface area contributed by atoms with Crippen LogP contribution in [0.2, 0.25) is 0 Å². The van der Waals surface area contributed by atoms with Crippen LogP contribution in [-0.4, -0.2) is 71.2 Å². The molecule has 0 saturated carbocycles. The second kappa shape index (κ2) is 11.9. The monoisotopic (exact) mass is 506 g/mol. The van der Waals surface area contributed by atoms with Gasteiger partial charge in [-0.15, -0.1) is 34.2 Å².